The van der Waals surface area contributed by atoms with Gasteiger partial charge >= 0.3 is 0 Å². The second kappa shape index (κ2) is 8.69. The monoisotopic (exact) mass is 437 g/mol. The molecule has 1 heterocycles. The quantitative estimate of drug-likeness (QED) is 0.645. The molecule has 1 fully saturated rings. The lowest BCUT2D eigenvalue weighted by molar-refractivity contribution is 0.102. The van der Waals surface area contributed by atoms with Crippen LogP contribution in [-0.4, -0.2) is 45.8 Å². The maximum Gasteiger partial charge on any atom is 0.257 e. The number of hydrogen-bond acceptors (Lipinski definition) is 4. The Morgan fingerprint density at radius 3 is 2.39 bits per heavy atom. The summed E-state index contributed by atoms with van der Waals surface area (Å²) in [6.45, 7) is 1.71. The predicted molar refractivity (Wildman–Crippen MR) is 125 cm³/mol. The standard InChI is InChI=1S/C24H27N3O3S/c1-26(2)31(29,30)19-13-14-23(27-15-6-3-7-16-27)21(17-19)24(28)25-22-12-8-10-18-9-4-5-11-20(18)22/h4-5,8-14,17H,3,6-7,15-16H2,1-2H3,(H,25,28). The van der Waals surface area contributed by atoms with E-state index in [1.165, 1.54) is 26.6 Å². The van der Waals surface area contributed by atoms with E-state index in [9.17, 15) is 13.2 Å². The van der Waals surface area contributed by atoms with Crippen molar-refractivity contribution in [2.75, 3.05) is 37.4 Å². The van der Waals surface area contributed by atoms with E-state index in [2.05, 4.69) is 10.2 Å². The van der Waals surface area contributed by atoms with Gasteiger partial charge in [0.1, 0.15) is 0 Å². The number of sulfonamides is 1. The van der Waals surface area contributed by atoms with Crippen molar-refractivity contribution in [1.82, 2.24) is 4.31 Å². The molecule has 0 aromatic heterocycles. The first-order valence-electron chi connectivity index (χ1n) is 10.5. The van der Waals surface area contributed by atoms with Crippen LogP contribution in [0.4, 0.5) is 11.4 Å². The number of fused-ring (bicyclic) bond motifs is 1. The van der Waals surface area contributed by atoms with Crippen LogP contribution in [0.15, 0.2) is 65.6 Å². The number of carbonyl (C=O) groups excluding carboxylic acids is 1. The molecule has 3 aromatic rings. The third-order valence-electron chi connectivity index (χ3n) is 5.73. The van der Waals surface area contributed by atoms with Gasteiger partial charge in [0.15, 0.2) is 0 Å². The van der Waals surface area contributed by atoms with Crippen LogP contribution >= 0.6 is 0 Å². The summed E-state index contributed by atoms with van der Waals surface area (Å²) in [5.41, 5.74) is 1.85. The molecule has 7 heteroatoms. The van der Waals surface area contributed by atoms with Crippen molar-refractivity contribution in [3.63, 3.8) is 0 Å². The van der Waals surface area contributed by atoms with Gasteiger partial charge in [0.05, 0.1) is 10.5 Å². The molecule has 1 N–H and O–H groups in total. The Balaban J connectivity index is 1.77. The van der Waals surface area contributed by atoms with Crippen molar-refractivity contribution in [1.29, 1.82) is 0 Å². The minimum absolute atomic E-state index is 0.112. The average Bonchev–Trinajstić information content (AvgIpc) is 2.79. The number of benzene rings is 3. The van der Waals surface area contributed by atoms with Crippen LogP contribution in [-0.2, 0) is 10.0 Å². The molecular weight excluding hydrogens is 410 g/mol. The second-order valence-corrected chi connectivity index (χ2v) is 10.1. The van der Waals surface area contributed by atoms with E-state index in [4.69, 9.17) is 0 Å². The van der Waals surface area contributed by atoms with Gasteiger partial charge in [0, 0.05) is 43.9 Å². The highest BCUT2D eigenvalue weighted by Crippen LogP contribution is 2.30. The van der Waals surface area contributed by atoms with Crippen LogP contribution < -0.4 is 10.2 Å². The molecule has 0 radical (unpaired) electrons. The Morgan fingerprint density at radius 2 is 1.65 bits per heavy atom. The highest BCUT2D eigenvalue weighted by molar-refractivity contribution is 7.89. The van der Waals surface area contributed by atoms with E-state index in [0.29, 0.717) is 11.3 Å². The van der Waals surface area contributed by atoms with Gasteiger partial charge in [0.25, 0.3) is 5.91 Å². The highest BCUT2D eigenvalue weighted by Gasteiger charge is 2.24. The summed E-state index contributed by atoms with van der Waals surface area (Å²) in [6, 6.07) is 18.5. The zero-order valence-corrected chi connectivity index (χ0v) is 18.7. The van der Waals surface area contributed by atoms with Crippen LogP contribution in [0.25, 0.3) is 10.8 Å². The van der Waals surface area contributed by atoms with E-state index >= 15 is 0 Å². The van der Waals surface area contributed by atoms with Gasteiger partial charge in [-0.3, -0.25) is 4.79 Å². The minimum atomic E-state index is -3.65. The summed E-state index contributed by atoms with van der Waals surface area (Å²) in [7, 11) is -0.673. The summed E-state index contributed by atoms with van der Waals surface area (Å²) in [6.07, 6.45) is 3.28. The first-order valence-corrected chi connectivity index (χ1v) is 11.9. The summed E-state index contributed by atoms with van der Waals surface area (Å²) >= 11 is 0. The smallest absolute Gasteiger partial charge is 0.257 e. The second-order valence-electron chi connectivity index (χ2n) is 7.99. The van der Waals surface area contributed by atoms with Gasteiger partial charge in [-0.05, 0) is 48.9 Å². The molecule has 1 saturated heterocycles. The summed E-state index contributed by atoms with van der Waals surface area (Å²) in [5, 5.41) is 4.98. The molecule has 0 unspecified atom stereocenters. The number of anilines is 2. The summed E-state index contributed by atoms with van der Waals surface area (Å²) in [4.78, 5) is 15.7. The number of rotatable bonds is 5. The number of carbonyl (C=O) groups is 1. The lowest BCUT2D eigenvalue weighted by Crippen LogP contribution is -2.32. The van der Waals surface area contributed by atoms with Crippen molar-refractivity contribution in [3.05, 3.63) is 66.2 Å². The fourth-order valence-corrected chi connectivity index (χ4v) is 4.93. The Bertz CT molecular complexity index is 1210. The zero-order valence-electron chi connectivity index (χ0n) is 17.8. The lowest BCUT2D eigenvalue weighted by Gasteiger charge is -2.30. The first-order chi connectivity index (χ1) is 14.9. The van der Waals surface area contributed by atoms with Crippen LogP contribution in [0.2, 0.25) is 0 Å². The molecule has 1 aliphatic heterocycles. The summed E-state index contributed by atoms with van der Waals surface area (Å²) < 4.78 is 26.6. The Kier molecular flexibility index (Phi) is 5.98. The van der Waals surface area contributed by atoms with Gasteiger partial charge in [-0.1, -0.05) is 36.4 Å². The Morgan fingerprint density at radius 1 is 0.935 bits per heavy atom. The topological polar surface area (TPSA) is 69.7 Å². The molecule has 3 aromatic carbocycles. The molecule has 4 rings (SSSR count). The molecular formula is C24H27N3O3S. The molecule has 1 aliphatic rings. The van der Waals surface area contributed by atoms with Crippen LogP contribution in [0.1, 0.15) is 29.6 Å². The molecule has 0 saturated carbocycles. The van der Waals surface area contributed by atoms with Gasteiger partial charge in [-0.2, -0.15) is 0 Å². The van der Waals surface area contributed by atoms with E-state index in [1.54, 1.807) is 12.1 Å². The highest BCUT2D eigenvalue weighted by atomic mass is 32.2. The number of nitrogens with one attached hydrogen (secondary N) is 1. The molecule has 0 atom stereocenters. The normalized spacial score (nSPS) is 14.7. The van der Waals surface area contributed by atoms with E-state index in [0.717, 1.165) is 46.7 Å². The maximum absolute atomic E-state index is 13.4. The van der Waals surface area contributed by atoms with Crippen molar-refractivity contribution in [2.24, 2.45) is 0 Å². The predicted octanol–water partition coefficient (Wildman–Crippen LogP) is 4.33. The zero-order chi connectivity index (χ0) is 22.0. The van der Waals surface area contributed by atoms with Gasteiger partial charge in [-0.15, -0.1) is 0 Å². The average molecular weight is 438 g/mol. The molecule has 162 valence electrons. The van der Waals surface area contributed by atoms with E-state index in [1.807, 2.05) is 42.5 Å². The fourth-order valence-electron chi connectivity index (χ4n) is 4.00. The number of piperidine rings is 1. The Labute approximate surface area is 183 Å². The van der Waals surface area contributed by atoms with E-state index < -0.39 is 10.0 Å². The summed E-state index contributed by atoms with van der Waals surface area (Å²) in [5.74, 6) is -0.312. The fraction of sp³-hybridized carbons (Fsp3) is 0.292. The molecule has 0 aliphatic carbocycles. The van der Waals surface area contributed by atoms with Crippen molar-refractivity contribution < 1.29 is 13.2 Å². The third-order valence-corrected chi connectivity index (χ3v) is 7.54. The van der Waals surface area contributed by atoms with Crippen LogP contribution in [0.5, 0.6) is 0 Å². The molecule has 0 bridgehead atoms. The van der Waals surface area contributed by atoms with Crippen LogP contribution in [0, 0.1) is 0 Å². The number of hydrogen-bond donors (Lipinski definition) is 1. The molecule has 6 nitrogen and oxygen atoms in total. The van der Waals surface area contributed by atoms with Gasteiger partial charge in [-0.25, -0.2) is 12.7 Å². The SMILES string of the molecule is CN(C)S(=O)(=O)c1ccc(N2CCCCC2)c(C(=O)Nc2cccc3ccccc23)c1. The minimum Gasteiger partial charge on any atom is -0.371 e. The van der Waals surface area contributed by atoms with Gasteiger partial charge < -0.3 is 10.2 Å². The van der Waals surface area contributed by atoms with Crippen molar-refractivity contribution >= 4 is 38.1 Å². The van der Waals surface area contributed by atoms with Gasteiger partial charge in [0.2, 0.25) is 10.0 Å². The van der Waals surface area contributed by atoms with Crippen molar-refractivity contribution in [2.45, 2.75) is 24.2 Å². The molecule has 1 amide bonds. The Hall–Kier alpha value is -2.90. The molecule has 31 heavy (non-hydrogen) atoms. The third kappa shape index (κ3) is 4.29. The largest absolute Gasteiger partial charge is 0.371 e. The maximum atomic E-state index is 13.4. The first kappa shape index (κ1) is 21.3. The number of nitrogens with zero attached hydrogens (tertiary/aromatic N) is 2. The van der Waals surface area contributed by atoms with Crippen LogP contribution in [0.3, 0.4) is 0 Å². The lowest BCUT2D eigenvalue weighted by atomic mass is 10.1. The van der Waals surface area contributed by atoms with Crippen molar-refractivity contribution in [3.8, 4) is 0 Å². The van der Waals surface area contributed by atoms with E-state index in [-0.39, 0.29) is 10.8 Å². The number of amides is 1. The molecule has 0 spiro atoms.